The van der Waals surface area contributed by atoms with Gasteiger partial charge >= 0.3 is 0 Å². The van der Waals surface area contributed by atoms with E-state index in [9.17, 15) is 5.11 Å². The first-order valence-corrected chi connectivity index (χ1v) is 11.9. The Morgan fingerprint density at radius 1 is 0.943 bits per heavy atom. The first-order chi connectivity index (χ1) is 15.9. The van der Waals surface area contributed by atoms with Crippen LogP contribution < -0.4 is 20.5 Å². The van der Waals surface area contributed by atoms with Gasteiger partial charge < -0.3 is 30.4 Å². The van der Waals surface area contributed by atoms with E-state index in [2.05, 4.69) is 43.4 Å². The van der Waals surface area contributed by atoms with Crippen LogP contribution in [0.2, 0.25) is 0 Å². The topological polar surface area (TPSA) is 86.0 Å². The molecular formula is C27H44Cl2N2O4. The van der Waals surface area contributed by atoms with Gasteiger partial charge in [-0.3, -0.25) is 0 Å². The highest BCUT2D eigenvalue weighted by molar-refractivity contribution is 5.85. The smallest absolute Gasteiger partial charge is 0.161 e. The summed E-state index contributed by atoms with van der Waals surface area (Å²) in [7, 11) is 3.34. The van der Waals surface area contributed by atoms with Crippen molar-refractivity contribution in [2.45, 2.75) is 51.8 Å². The molecule has 6 nitrogen and oxygen atoms in total. The fraction of sp³-hybridized carbons (Fsp3) is 0.556. The lowest BCUT2D eigenvalue weighted by Gasteiger charge is -2.27. The van der Waals surface area contributed by atoms with Gasteiger partial charge in [0.25, 0.3) is 0 Å². The van der Waals surface area contributed by atoms with Crippen LogP contribution in [0, 0.1) is 11.8 Å². The number of hydrogen-bond acceptors (Lipinski definition) is 6. The zero-order valence-corrected chi connectivity index (χ0v) is 23.1. The first kappa shape index (κ1) is 33.5. The van der Waals surface area contributed by atoms with Crippen LogP contribution in [0.1, 0.15) is 37.8 Å². The molecule has 0 heterocycles. The Hall–Kier alpha value is -1.54. The van der Waals surface area contributed by atoms with Gasteiger partial charge in [0.05, 0.1) is 19.8 Å². The van der Waals surface area contributed by atoms with Crippen molar-refractivity contribution in [3.05, 3.63) is 59.7 Å². The molecule has 0 unspecified atom stereocenters. The Morgan fingerprint density at radius 3 is 2.29 bits per heavy atom. The normalized spacial score (nSPS) is 13.3. The summed E-state index contributed by atoms with van der Waals surface area (Å²) in [6, 6.07) is 16.0. The van der Waals surface area contributed by atoms with Crippen LogP contribution in [-0.4, -0.2) is 51.2 Å². The van der Waals surface area contributed by atoms with Gasteiger partial charge in [0, 0.05) is 39.3 Å². The fourth-order valence-electron chi connectivity index (χ4n) is 3.86. The van der Waals surface area contributed by atoms with E-state index in [-0.39, 0.29) is 30.9 Å². The lowest BCUT2D eigenvalue weighted by atomic mass is 9.83. The second-order valence-electron chi connectivity index (χ2n) is 8.97. The number of ether oxygens (including phenoxy) is 3. The molecule has 2 rings (SSSR count). The Morgan fingerprint density at radius 2 is 1.66 bits per heavy atom. The quantitative estimate of drug-likeness (QED) is 0.274. The Labute approximate surface area is 223 Å². The first-order valence-electron chi connectivity index (χ1n) is 11.9. The number of aliphatic hydroxyl groups is 1. The van der Waals surface area contributed by atoms with Crippen molar-refractivity contribution in [2.75, 3.05) is 34.0 Å². The lowest BCUT2D eigenvalue weighted by molar-refractivity contribution is 0.124. The summed E-state index contributed by atoms with van der Waals surface area (Å²) in [5.41, 5.74) is 8.79. The minimum absolute atomic E-state index is 0. The molecule has 0 bridgehead atoms. The molecule has 0 saturated carbocycles. The largest absolute Gasteiger partial charge is 0.493 e. The molecule has 0 fully saturated rings. The summed E-state index contributed by atoms with van der Waals surface area (Å²) in [6.07, 6.45) is 1.85. The molecule has 0 spiro atoms. The molecule has 3 atom stereocenters. The zero-order valence-electron chi connectivity index (χ0n) is 21.4. The predicted octanol–water partition coefficient (Wildman–Crippen LogP) is 4.64. The molecule has 0 aromatic heterocycles. The molecule has 35 heavy (non-hydrogen) atoms. The molecule has 200 valence electrons. The van der Waals surface area contributed by atoms with Crippen LogP contribution in [0.15, 0.2) is 48.5 Å². The van der Waals surface area contributed by atoms with Gasteiger partial charge in [-0.05, 0) is 47.9 Å². The molecule has 0 aliphatic carbocycles. The van der Waals surface area contributed by atoms with E-state index in [0.717, 1.165) is 37.3 Å². The van der Waals surface area contributed by atoms with Gasteiger partial charge in [-0.2, -0.15) is 0 Å². The molecule has 0 radical (unpaired) electrons. The van der Waals surface area contributed by atoms with E-state index in [0.29, 0.717) is 31.6 Å². The van der Waals surface area contributed by atoms with E-state index in [1.54, 1.807) is 14.2 Å². The van der Waals surface area contributed by atoms with Crippen molar-refractivity contribution >= 4 is 24.8 Å². The summed E-state index contributed by atoms with van der Waals surface area (Å²) < 4.78 is 16.5. The van der Waals surface area contributed by atoms with Crippen molar-refractivity contribution in [2.24, 2.45) is 17.6 Å². The molecule has 0 saturated heterocycles. The lowest BCUT2D eigenvalue weighted by Crippen LogP contribution is -2.43. The van der Waals surface area contributed by atoms with Crippen LogP contribution in [0.25, 0.3) is 0 Å². The maximum Gasteiger partial charge on any atom is 0.161 e. The van der Waals surface area contributed by atoms with Gasteiger partial charge in [-0.25, -0.2) is 0 Å². The minimum atomic E-state index is -0.592. The summed E-state index contributed by atoms with van der Waals surface area (Å²) in [5, 5.41) is 13.9. The third-order valence-electron chi connectivity index (χ3n) is 6.01. The minimum Gasteiger partial charge on any atom is -0.493 e. The number of benzene rings is 2. The molecule has 0 aliphatic heterocycles. The molecule has 2 aromatic rings. The number of halogens is 2. The maximum absolute atomic E-state index is 10.6. The Bertz CT molecular complexity index is 796. The van der Waals surface area contributed by atoms with Gasteiger partial charge in [0.1, 0.15) is 0 Å². The average Bonchev–Trinajstić information content (AvgIpc) is 2.82. The van der Waals surface area contributed by atoms with Crippen molar-refractivity contribution in [3.63, 3.8) is 0 Å². The molecule has 2 aromatic carbocycles. The standard InChI is InChI=1S/C27H42N2O4.2ClH/c1-20(2)23(17-24(28)25(30)19-29-18-21-9-6-5-7-10-21)15-22-11-12-26(32-4)27(16-22)33-14-8-13-31-3;;/h5-7,9-12,16,20,23-25,29-30H,8,13-15,17-19,28H2,1-4H3;2*1H/t23-,24-,25-;;/m0../s1. The average molecular weight is 532 g/mol. The predicted molar refractivity (Wildman–Crippen MR) is 148 cm³/mol. The molecule has 0 aliphatic rings. The van der Waals surface area contributed by atoms with Gasteiger partial charge in [0.2, 0.25) is 0 Å². The van der Waals surface area contributed by atoms with E-state index in [1.165, 1.54) is 11.1 Å². The van der Waals surface area contributed by atoms with E-state index < -0.39 is 6.10 Å². The number of methoxy groups -OCH3 is 2. The van der Waals surface area contributed by atoms with Gasteiger partial charge in [-0.1, -0.05) is 50.2 Å². The van der Waals surface area contributed by atoms with Crippen molar-refractivity contribution in [1.29, 1.82) is 0 Å². The van der Waals surface area contributed by atoms with Crippen LogP contribution in [0.3, 0.4) is 0 Å². The molecular weight excluding hydrogens is 487 g/mol. The van der Waals surface area contributed by atoms with E-state index in [1.807, 2.05) is 24.3 Å². The second-order valence-corrected chi connectivity index (χ2v) is 8.97. The van der Waals surface area contributed by atoms with Gasteiger partial charge in [0.15, 0.2) is 11.5 Å². The second kappa shape index (κ2) is 18.7. The van der Waals surface area contributed by atoms with E-state index in [4.69, 9.17) is 19.9 Å². The van der Waals surface area contributed by atoms with Crippen molar-refractivity contribution < 1.29 is 19.3 Å². The molecule has 4 N–H and O–H groups in total. The number of hydrogen-bond donors (Lipinski definition) is 3. The number of aliphatic hydroxyl groups excluding tert-OH is 1. The molecule has 8 heteroatoms. The van der Waals surface area contributed by atoms with E-state index >= 15 is 0 Å². The highest BCUT2D eigenvalue weighted by atomic mass is 35.5. The zero-order chi connectivity index (χ0) is 24.1. The maximum atomic E-state index is 10.6. The summed E-state index contributed by atoms with van der Waals surface area (Å²) in [4.78, 5) is 0. The van der Waals surface area contributed by atoms with Gasteiger partial charge in [-0.15, -0.1) is 24.8 Å². The number of nitrogens with one attached hydrogen (secondary N) is 1. The van der Waals surface area contributed by atoms with Crippen molar-refractivity contribution in [3.8, 4) is 11.5 Å². The highest BCUT2D eigenvalue weighted by Crippen LogP contribution is 2.31. The Balaban J connectivity index is 0.00000578. The number of nitrogens with two attached hydrogens (primary N) is 1. The van der Waals surface area contributed by atoms with Crippen LogP contribution in [0.4, 0.5) is 0 Å². The molecule has 0 amide bonds. The third kappa shape index (κ3) is 12.3. The number of rotatable bonds is 16. The van der Waals surface area contributed by atoms with Crippen molar-refractivity contribution in [1.82, 2.24) is 5.32 Å². The summed E-state index contributed by atoms with van der Waals surface area (Å²) >= 11 is 0. The monoisotopic (exact) mass is 530 g/mol. The highest BCUT2D eigenvalue weighted by Gasteiger charge is 2.23. The SMILES string of the molecule is COCCCOc1cc(C[C@@H](C[C@H](N)[C@@H](O)CNCc2ccccc2)C(C)C)ccc1OC.Cl.Cl. The summed E-state index contributed by atoms with van der Waals surface area (Å²) in [5.74, 6) is 2.27. The Kier molecular flexibility index (Phi) is 17.9. The van der Waals surface area contributed by atoms with Crippen LogP contribution >= 0.6 is 24.8 Å². The van der Waals surface area contributed by atoms with Crippen LogP contribution in [-0.2, 0) is 17.7 Å². The fourth-order valence-corrected chi connectivity index (χ4v) is 3.86. The summed E-state index contributed by atoms with van der Waals surface area (Å²) in [6.45, 7) is 6.86. The third-order valence-corrected chi connectivity index (χ3v) is 6.01. The van der Waals surface area contributed by atoms with Crippen LogP contribution in [0.5, 0.6) is 11.5 Å².